The lowest BCUT2D eigenvalue weighted by molar-refractivity contribution is -0.384. The van der Waals surface area contributed by atoms with Gasteiger partial charge in [0.25, 0.3) is 5.69 Å². The molecule has 2 aromatic rings. The van der Waals surface area contributed by atoms with E-state index in [1.165, 1.54) is 12.1 Å². The third kappa shape index (κ3) is 2.57. The Morgan fingerprint density at radius 3 is 2.44 bits per heavy atom. The fraction of sp³-hybridized carbons (Fsp3) is 0.0769. The number of non-ortho nitro benzene ring substituents is 1. The average Bonchev–Trinajstić information content (AvgIpc) is 2.34. The molecular formula is C13H12N2O3. The predicted molar refractivity (Wildman–Crippen MR) is 68.8 cm³/mol. The molecule has 5 nitrogen and oxygen atoms in total. The Labute approximate surface area is 104 Å². The summed E-state index contributed by atoms with van der Waals surface area (Å²) < 4.78 is 5.59. The highest BCUT2D eigenvalue weighted by Gasteiger charge is 2.10. The maximum atomic E-state index is 10.7. The van der Waals surface area contributed by atoms with Crippen molar-refractivity contribution in [1.82, 2.24) is 0 Å². The van der Waals surface area contributed by atoms with Crippen LogP contribution in [0.3, 0.4) is 0 Å². The molecule has 0 heterocycles. The van der Waals surface area contributed by atoms with Crippen molar-refractivity contribution in [2.75, 3.05) is 5.73 Å². The molecule has 0 fully saturated rings. The topological polar surface area (TPSA) is 78.4 Å². The number of aryl methyl sites for hydroxylation is 1. The summed E-state index contributed by atoms with van der Waals surface area (Å²) in [6.45, 7) is 1.83. The van der Waals surface area contributed by atoms with Crippen molar-refractivity contribution in [3.05, 3.63) is 58.1 Å². The lowest BCUT2D eigenvalue weighted by atomic mass is 10.2. The molecule has 0 aliphatic carbocycles. The van der Waals surface area contributed by atoms with Gasteiger partial charge in [-0.1, -0.05) is 0 Å². The SMILES string of the molecule is Cc1ccc([N+](=O)[O-])cc1Oc1ccc(N)cc1. The number of benzene rings is 2. The Hall–Kier alpha value is -2.56. The third-order valence-corrected chi connectivity index (χ3v) is 2.49. The van der Waals surface area contributed by atoms with Crippen molar-refractivity contribution in [1.29, 1.82) is 0 Å². The van der Waals surface area contributed by atoms with E-state index in [0.29, 0.717) is 17.2 Å². The predicted octanol–water partition coefficient (Wildman–Crippen LogP) is 3.28. The second kappa shape index (κ2) is 4.75. The molecule has 18 heavy (non-hydrogen) atoms. The zero-order valence-electron chi connectivity index (χ0n) is 9.79. The zero-order chi connectivity index (χ0) is 13.1. The molecule has 92 valence electrons. The fourth-order valence-electron chi connectivity index (χ4n) is 1.48. The number of nitrogens with two attached hydrogens (primary N) is 1. The fourth-order valence-corrected chi connectivity index (χ4v) is 1.48. The van der Waals surface area contributed by atoms with Gasteiger partial charge >= 0.3 is 0 Å². The van der Waals surface area contributed by atoms with E-state index in [-0.39, 0.29) is 5.69 Å². The summed E-state index contributed by atoms with van der Waals surface area (Å²) in [6.07, 6.45) is 0. The minimum atomic E-state index is -0.449. The van der Waals surface area contributed by atoms with Crippen LogP contribution in [0.25, 0.3) is 0 Å². The molecule has 2 aromatic carbocycles. The van der Waals surface area contributed by atoms with E-state index in [9.17, 15) is 10.1 Å². The maximum Gasteiger partial charge on any atom is 0.273 e. The number of anilines is 1. The summed E-state index contributed by atoms with van der Waals surface area (Å²) in [5.74, 6) is 1.06. The van der Waals surface area contributed by atoms with Crippen LogP contribution in [0.15, 0.2) is 42.5 Å². The van der Waals surface area contributed by atoms with Gasteiger partial charge in [-0.3, -0.25) is 10.1 Å². The van der Waals surface area contributed by atoms with Gasteiger partial charge in [-0.25, -0.2) is 0 Å². The summed E-state index contributed by atoms with van der Waals surface area (Å²) in [6, 6.07) is 11.4. The summed E-state index contributed by atoms with van der Waals surface area (Å²) in [5.41, 5.74) is 7.04. The van der Waals surface area contributed by atoms with Gasteiger partial charge in [0.1, 0.15) is 11.5 Å². The molecule has 0 spiro atoms. The van der Waals surface area contributed by atoms with Crippen molar-refractivity contribution in [2.24, 2.45) is 0 Å². The Morgan fingerprint density at radius 2 is 1.83 bits per heavy atom. The van der Waals surface area contributed by atoms with Gasteiger partial charge in [0, 0.05) is 11.8 Å². The zero-order valence-corrected chi connectivity index (χ0v) is 9.79. The Kier molecular flexibility index (Phi) is 3.14. The lowest BCUT2D eigenvalue weighted by Gasteiger charge is -2.08. The van der Waals surface area contributed by atoms with Gasteiger partial charge < -0.3 is 10.5 Å². The number of nitro groups is 1. The van der Waals surface area contributed by atoms with Gasteiger partial charge in [-0.05, 0) is 42.8 Å². The highest BCUT2D eigenvalue weighted by molar-refractivity contribution is 5.47. The van der Waals surface area contributed by atoms with E-state index < -0.39 is 4.92 Å². The number of rotatable bonds is 3. The van der Waals surface area contributed by atoms with Crippen LogP contribution in [0.4, 0.5) is 11.4 Å². The van der Waals surface area contributed by atoms with Crippen LogP contribution >= 0.6 is 0 Å². The lowest BCUT2D eigenvalue weighted by Crippen LogP contribution is -1.92. The monoisotopic (exact) mass is 244 g/mol. The maximum absolute atomic E-state index is 10.7. The minimum absolute atomic E-state index is 0.00560. The second-order valence-electron chi connectivity index (χ2n) is 3.88. The number of hydrogen-bond donors (Lipinski definition) is 1. The van der Waals surface area contributed by atoms with Crippen molar-refractivity contribution in [3.63, 3.8) is 0 Å². The summed E-state index contributed by atoms with van der Waals surface area (Å²) in [7, 11) is 0. The average molecular weight is 244 g/mol. The van der Waals surface area contributed by atoms with E-state index in [1.807, 2.05) is 6.92 Å². The van der Waals surface area contributed by atoms with Crippen LogP contribution in [-0.2, 0) is 0 Å². The Morgan fingerprint density at radius 1 is 1.17 bits per heavy atom. The van der Waals surface area contributed by atoms with Crippen LogP contribution < -0.4 is 10.5 Å². The summed E-state index contributed by atoms with van der Waals surface area (Å²) >= 11 is 0. The number of ether oxygens (including phenoxy) is 1. The highest BCUT2D eigenvalue weighted by Crippen LogP contribution is 2.29. The first kappa shape index (κ1) is 11.9. The van der Waals surface area contributed by atoms with E-state index in [1.54, 1.807) is 30.3 Å². The first-order valence-corrected chi connectivity index (χ1v) is 5.35. The summed E-state index contributed by atoms with van der Waals surface area (Å²) in [4.78, 5) is 10.2. The van der Waals surface area contributed by atoms with Crippen LogP contribution in [-0.4, -0.2) is 4.92 Å². The number of nitro benzene ring substituents is 1. The first-order chi connectivity index (χ1) is 8.56. The number of nitrogens with zero attached hydrogens (tertiary/aromatic N) is 1. The highest BCUT2D eigenvalue weighted by atomic mass is 16.6. The standard InChI is InChI=1S/C13H12N2O3/c1-9-2-5-11(15(16)17)8-13(9)18-12-6-3-10(14)4-7-12/h2-8H,14H2,1H3. The molecule has 0 bridgehead atoms. The van der Waals surface area contributed by atoms with Gasteiger partial charge in [0.05, 0.1) is 11.0 Å². The van der Waals surface area contributed by atoms with Crippen LogP contribution in [0.2, 0.25) is 0 Å². The number of hydrogen-bond acceptors (Lipinski definition) is 4. The molecule has 0 radical (unpaired) electrons. The molecule has 0 saturated heterocycles. The van der Waals surface area contributed by atoms with E-state index in [2.05, 4.69) is 0 Å². The molecular weight excluding hydrogens is 232 g/mol. The van der Waals surface area contributed by atoms with Crippen molar-refractivity contribution in [3.8, 4) is 11.5 Å². The second-order valence-corrected chi connectivity index (χ2v) is 3.88. The Balaban J connectivity index is 2.30. The largest absolute Gasteiger partial charge is 0.457 e. The van der Waals surface area contributed by atoms with Crippen molar-refractivity contribution < 1.29 is 9.66 Å². The van der Waals surface area contributed by atoms with E-state index in [4.69, 9.17) is 10.5 Å². The van der Waals surface area contributed by atoms with Gasteiger partial charge in [0.2, 0.25) is 0 Å². The molecule has 2 rings (SSSR count). The summed E-state index contributed by atoms with van der Waals surface area (Å²) in [5, 5.41) is 10.7. The van der Waals surface area contributed by atoms with Crippen molar-refractivity contribution >= 4 is 11.4 Å². The normalized spacial score (nSPS) is 10.1. The smallest absolute Gasteiger partial charge is 0.273 e. The van der Waals surface area contributed by atoms with Gasteiger partial charge in [-0.15, -0.1) is 0 Å². The molecule has 0 aliphatic heterocycles. The van der Waals surface area contributed by atoms with Crippen molar-refractivity contribution in [2.45, 2.75) is 6.92 Å². The molecule has 0 saturated carbocycles. The molecule has 0 aliphatic rings. The quantitative estimate of drug-likeness (QED) is 0.510. The van der Waals surface area contributed by atoms with Crippen LogP contribution in [0.5, 0.6) is 11.5 Å². The van der Waals surface area contributed by atoms with Gasteiger partial charge in [0.15, 0.2) is 0 Å². The van der Waals surface area contributed by atoms with Crippen LogP contribution in [0.1, 0.15) is 5.56 Å². The Bertz CT molecular complexity index is 579. The minimum Gasteiger partial charge on any atom is -0.457 e. The molecule has 0 atom stereocenters. The molecule has 5 heteroatoms. The van der Waals surface area contributed by atoms with Gasteiger partial charge in [-0.2, -0.15) is 0 Å². The number of nitrogen functional groups attached to an aromatic ring is 1. The third-order valence-electron chi connectivity index (χ3n) is 2.49. The molecule has 0 unspecified atom stereocenters. The molecule has 0 aromatic heterocycles. The van der Waals surface area contributed by atoms with E-state index >= 15 is 0 Å². The first-order valence-electron chi connectivity index (χ1n) is 5.35. The van der Waals surface area contributed by atoms with E-state index in [0.717, 1.165) is 5.56 Å². The van der Waals surface area contributed by atoms with Crippen LogP contribution in [0, 0.1) is 17.0 Å². The molecule has 0 amide bonds. The molecule has 2 N–H and O–H groups in total.